The highest BCUT2D eigenvalue weighted by Gasteiger charge is 2.47. The van der Waals surface area contributed by atoms with Crippen molar-refractivity contribution in [2.24, 2.45) is 0 Å². The first-order valence-corrected chi connectivity index (χ1v) is 6.56. The molecule has 1 spiro atoms. The van der Waals surface area contributed by atoms with Crippen molar-refractivity contribution in [2.75, 3.05) is 25.5 Å². The quantitative estimate of drug-likeness (QED) is 0.692. The van der Waals surface area contributed by atoms with E-state index in [2.05, 4.69) is 16.0 Å². The number of anilines is 1. The van der Waals surface area contributed by atoms with Crippen molar-refractivity contribution >= 4 is 17.5 Å². The Labute approximate surface area is 111 Å². The van der Waals surface area contributed by atoms with Gasteiger partial charge < -0.3 is 16.0 Å². The molecule has 0 radical (unpaired) electrons. The minimum Gasteiger partial charge on any atom is -0.355 e. The third-order valence-electron chi connectivity index (χ3n) is 4.16. The second-order valence-corrected chi connectivity index (χ2v) is 5.13. The van der Waals surface area contributed by atoms with Crippen molar-refractivity contribution in [3.8, 4) is 0 Å². The molecular formula is C14H17N3O2. The Kier molecular flexibility index (Phi) is 2.78. The zero-order valence-electron chi connectivity index (χ0n) is 10.9. The van der Waals surface area contributed by atoms with Crippen LogP contribution in [0.15, 0.2) is 18.2 Å². The van der Waals surface area contributed by atoms with Gasteiger partial charge in [0.1, 0.15) is 0 Å². The number of hydrogen-bond acceptors (Lipinski definition) is 3. The number of benzene rings is 1. The van der Waals surface area contributed by atoms with Crippen LogP contribution in [0.25, 0.3) is 0 Å². The molecule has 0 unspecified atom stereocenters. The van der Waals surface area contributed by atoms with Gasteiger partial charge in [0.2, 0.25) is 5.91 Å². The number of nitrogens with one attached hydrogen (secondary N) is 3. The monoisotopic (exact) mass is 259 g/mol. The summed E-state index contributed by atoms with van der Waals surface area (Å²) >= 11 is 0. The first-order valence-electron chi connectivity index (χ1n) is 6.56. The minimum atomic E-state index is -0.454. The maximum Gasteiger partial charge on any atom is 0.251 e. The van der Waals surface area contributed by atoms with Crippen LogP contribution in [0.5, 0.6) is 0 Å². The molecule has 1 aromatic carbocycles. The highest BCUT2D eigenvalue weighted by Crippen LogP contribution is 2.44. The fraction of sp³-hybridized carbons (Fsp3) is 0.429. The summed E-state index contributed by atoms with van der Waals surface area (Å²) < 4.78 is 0. The molecule has 0 aromatic heterocycles. The standard InChI is InChI=1S/C14H17N3O2/c1-15-12(18)9-2-3-11-10(8-9)14(13(19)17-11)4-6-16-7-5-14/h2-3,8,16H,4-7H2,1H3,(H,15,18)(H,17,19). The van der Waals surface area contributed by atoms with Crippen LogP contribution in [-0.2, 0) is 10.2 Å². The zero-order valence-corrected chi connectivity index (χ0v) is 10.9. The average Bonchev–Trinajstić information content (AvgIpc) is 2.71. The fourth-order valence-corrected chi connectivity index (χ4v) is 3.05. The lowest BCUT2D eigenvalue weighted by Gasteiger charge is -2.32. The number of amides is 2. The second kappa shape index (κ2) is 4.35. The summed E-state index contributed by atoms with van der Waals surface area (Å²) in [5.41, 5.74) is 1.97. The van der Waals surface area contributed by atoms with E-state index in [1.807, 2.05) is 12.1 Å². The van der Waals surface area contributed by atoms with E-state index >= 15 is 0 Å². The van der Waals surface area contributed by atoms with Crippen LogP contribution in [0.3, 0.4) is 0 Å². The SMILES string of the molecule is CNC(=O)c1ccc2c(c1)C1(CCNCC1)C(=O)N2. The van der Waals surface area contributed by atoms with Crippen molar-refractivity contribution in [1.29, 1.82) is 0 Å². The van der Waals surface area contributed by atoms with Crippen molar-refractivity contribution in [2.45, 2.75) is 18.3 Å². The van der Waals surface area contributed by atoms with Gasteiger partial charge in [0.15, 0.2) is 0 Å². The predicted molar refractivity (Wildman–Crippen MR) is 72.2 cm³/mol. The first-order chi connectivity index (χ1) is 9.17. The molecule has 2 heterocycles. The van der Waals surface area contributed by atoms with E-state index in [1.165, 1.54) is 0 Å². The van der Waals surface area contributed by atoms with Gasteiger partial charge in [-0.1, -0.05) is 0 Å². The minimum absolute atomic E-state index is 0.0676. The Morgan fingerprint density at radius 1 is 1.32 bits per heavy atom. The van der Waals surface area contributed by atoms with Crippen molar-refractivity contribution in [3.05, 3.63) is 29.3 Å². The molecule has 1 fully saturated rings. The van der Waals surface area contributed by atoms with E-state index in [1.54, 1.807) is 13.1 Å². The number of fused-ring (bicyclic) bond motifs is 2. The van der Waals surface area contributed by atoms with Crippen LogP contribution in [0.1, 0.15) is 28.8 Å². The van der Waals surface area contributed by atoms with Gasteiger partial charge in [-0.05, 0) is 49.7 Å². The summed E-state index contributed by atoms with van der Waals surface area (Å²) in [5.74, 6) is -0.0516. The molecule has 5 nitrogen and oxygen atoms in total. The highest BCUT2D eigenvalue weighted by molar-refractivity contribution is 6.07. The Balaban J connectivity index is 2.08. The number of piperidine rings is 1. The topological polar surface area (TPSA) is 70.2 Å². The molecule has 19 heavy (non-hydrogen) atoms. The third-order valence-corrected chi connectivity index (χ3v) is 4.16. The maximum atomic E-state index is 12.3. The molecule has 2 aliphatic rings. The van der Waals surface area contributed by atoms with Crippen LogP contribution < -0.4 is 16.0 Å². The maximum absolute atomic E-state index is 12.3. The summed E-state index contributed by atoms with van der Waals surface area (Å²) in [4.78, 5) is 24.1. The molecule has 0 saturated carbocycles. The number of carbonyl (C=O) groups excluding carboxylic acids is 2. The molecule has 5 heteroatoms. The van der Waals surface area contributed by atoms with Crippen LogP contribution >= 0.6 is 0 Å². The molecule has 2 aliphatic heterocycles. The largest absolute Gasteiger partial charge is 0.355 e. The summed E-state index contributed by atoms with van der Waals surface area (Å²) in [7, 11) is 1.61. The third kappa shape index (κ3) is 1.73. The van der Waals surface area contributed by atoms with E-state index in [4.69, 9.17) is 0 Å². The van der Waals surface area contributed by atoms with Gasteiger partial charge in [-0.2, -0.15) is 0 Å². The summed E-state index contributed by atoms with van der Waals surface area (Å²) in [6.45, 7) is 1.66. The molecular weight excluding hydrogens is 242 g/mol. The Bertz CT molecular complexity index is 548. The second-order valence-electron chi connectivity index (χ2n) is 5.13. The molecule has 0 atom stereocenters. The molecule has 1 aromatic rings. The molecule has 100 valence electrons. The van der Waals surface area contributed by atoms with Crippen LogP contribution in [0.2, 0.25) is 0 Å². The predicted octanol–water partition coefficient (Wildman–Crippen LogP) is 0.619. The lowest BCUT2D eigenvalue weighted by Crippen LogP contribution is -2.44. The summed E-state index contributed by atoms with van der Waals surface area (Å²) in [5, 5.41) is 8.84. The van der Waals surface area contributed by atoms with Gasteiger partial charge >= 0.3 is 0 Å². The van der Waals surface area contributed by atoms with E-state index in [0.29, 0.717) is 5.56 Å². The normalized spacial score (nSPS) is 19.9. The molecule has 0 bridgehead atoms. The Morgan fingerprint density at radius 2 is 2.05 bits per heavy atom. The van der Waals surface area contributed by atoms with Crippen molar-refractivity contribution in [3.63, 3.8) is 0 Å². The summed E-state index contributed by atoms with van der Waals surface area (Å²) in [6, 6.07) is 5.43. The lowest BCUT2D eigenvalue weighted by molar-refractivity contribution is -0.121. The van der Waals surface area contributed by atoms with E-state index in [-0.39, 0.29) is 11.8 Å². The highest BCUT2D eigenvalue weighted by atomic mass is 16.2. The lowest BCUT2D eigenvalue weighted by atomic mass is 9.74. The van der Waals surface area contributed by atoms with Crippen molar-refractivity contribution < 1.29 is 9.59 Å². The molecule has 0 aliphatic carbocycles. The van der Waals surface area contributed by atoms with Crippen LogP contribution in [0.4, 0.5) is 5.69 Å². The van der Waals surface area contributed by atoms with Crippen LogP contribution in [0, 0.1) is 0 Å². The first kappa shape index (κ1) is 12.2. The number of hydrogen-bond donors (Lipinski definition) is 3. The molecule has 2 amide bonds. The van der Waals surface area contributed by atoms with Gasteiger partial charge in [0.25, 0.3) is 5.91 Å². The Morgan fingerprint density at radius 3 is 2.74 bits per heavy atom. The smallest absolute Gasteiger partial charge is 0.251 e. The van der Waals surface area contributed by atoms with E-state index in [0.717, 1.165) is 37.2 Å². The fourth-order valence-electron chi connectivity index (χ4n) is 3.05. The van der Waals surface area contributed by atoms with Gasteiger partial charge in [-0.3, -0.25) is 9.59 Å². The van der Waals surface area contributed by atoms with Gasteiger partial charge in [0.05, 0.1) is 5.41 Å². The zero-order chi connectivity index (χ0) is 13.5. The van der Waals surface area contributed by atoms with E-state index in [9.17, 15) is 9.59 Å². The van der Waals surface area contributed by atoms with Gasteiger partial charge in [-0.15, -0.1) is 0 Å². The number of carbonyl (C=O) groups is 2. The molecule has 1 saturated heterocycles. The molecule has 3 rings (SSSR count). The molecule has 3 N–H and O–H groups in total. The van der Waals surface area contributed by atoms with Crippen LogP contribution in [-0.4, -0.2) is 32.0 Å². The summed E-state index contributed by atoms with van der Waals surface area (Å²) in [6.07, 6.45) is 1.56. The van der Waals surface area contributed by atoms with Gasteiger partial charge in [0, 0.05) is 18.3 Å². The Hall–Kier alpha value is -1.88. The van der Waals surface area contributed by atoms with Gasteiger partial charge in [-0.25, -0.2) is 0 Å². The van der Waals surface area contributed by atoms with E-state index < -0.39 is 5.41 Å². The van der Waals surface area contributed by atoms with Crippen molar-refractivity contribution in [1.82, 2.24) is 10.6 Å². The number of rotatable bonds is 1. The average molecular weight is 259 g/mol.